The number of nitrogens with zero attached hydrogens (tertiary/aromatic N) is 3. The predicted octanol–water partition coefficient (Wildman–Crippen LogP) is 3.70. The molecule has 0 radical (unpaired) electrons. The van der Waals surface area contributed by atoms with E-state index in [4.69, 9.17) is 0 Å². The van der Waals surface area contributed by atoms with E-state index in [1.165, 1.54) is 10.8 Å². The number of carbonyl (C=O) groups is 2. The van der Waals surface area contributed by atoms with E-state index in [-0.39, 0.29) is 17.7 Å². The van der Waals surface area contributed by atoms with Crippen LogP contribution in [-0.4, -0.2) is 35.8 Å². The van der Waals surface area contributed by atoms with Gasteiger partial charge >= 0.3 is 0 Å². The van der Waals surface area contributed by atoms with Gasteiger partial charge in [0.1, 0.15) is 0 Å². The first-order chi connectivity index (χ1) is 13.6. The molecule has 0 spiro atoms. The molecule has 2 aliphatic rings. The van der Waals surface area contributed by atoms with Gasteiger partial charge in [-0.15, -0.1) is 0 Å². The zero-order valence-corrected chi connectivity index (χ0v) is 15.7. The number of fused-ring (bicyclic) bond motifs is 2. The second-order valence-electron chi connectivity index (χ2n) is 7.11. The lowest BCUT2D eigenvalue weighted by atomic mass is 9.97. The minimum Gasteiger partial charge on any atom is -0.338 e. The lowest BCUT2D eigenvalue weighted by Crippen LogP contribution is -2.24. The number of amidine groups is 1. The van der Waals surface area contributed by atoms with Crippen LogP contribution in [0.2, 0.25) is 0 Å². The maximum absolute atomic E-state index is 12.5. The minimum atomic E-state index is -0.121. The Hall–Kier alpha value is -3.34. The Bertz CT molecular complexity index is 1060. The van der Waals surface area contributed by atoms with Gasteiger partial charge in [0.2, 0.25) is 11.8 Å². The topological polar surface area (TPSA) is 62.1 Å². The highest BCUT2D eigenvalue weighted by Crippen LogP contribution is 2.21. The van der Waals surface area contributed by atoms with Gasteiger partial charge in [0.15, 0.2) is 5.84 Å². The first kappa shape index (κ1) is 18.0. The molecule has 5 heteroatoms. The lowest BCUT2D eigenvalue weighted by Gasteiger charge is -2.18. The van der Waals surface area contributed by atoms with Crippen LogP contribution >= 0.6 is 0 Å². The number of benzene rings is 2. The van der Waals surface area contributed by atoms with Crippen molar-refractivity contribution < 1.29 is 9.59 Å². The van der Waals surface area contributed by atoms with Crippen LogP contribution in [0.4, 0.5) is 0 Å². The highest BCUT2D eigenvalue weighted by Gasteiger charge is 2.20. The van der Waals surface area contributed by atoms with Gasteiger partial charge < -0.3 is 4.90 Å². The number of allylic oxidation sites excluding steroid dienone is 2. The molecule has 2 aliphatic heterocycles. The summed E-state index contributed by atoms with van der Waals surface area (Å²) >= 11 is 0. The van der Waals surface area contributed by atoms with Gasteiger partial charge in [-0.2, -0.15) is 4.99 Å². The average molecular weight is 371 g/mol. The molecule has 2 amide bonds. The van der Waals surface area contributed by atoms with E-state index in [1.54, 1.807) is 24.2 Å². The van der Waals surface area contributed by atoms with E-state index in [9.17, 15) is 9.59 Å². The molecule has 1 unspecified atom stereocenters. The molecule has 0 bridgehead atoms. The van der Waals surface area contributed by atoms with Gasteiger partial charge in [-0.3, -0.25) is 9.59 Å². The average Bonchev–Trinajstić information content (AvgIpc) is 2.71. The van der Waals surface area contributed by atoms with Crippen LogP contribution in [-0.2, 0) is 16.1 Å². The number of carbonyl (C=O) groups excluding carboxylic acids is 2. The molecule has 0 aliphatic carbocycles. The molecule has 2 heterocycles. The van der Waals surface area contributed by atoms with Gasteiger partial charge in [0.05, 0.1) is 0 Å². The van der Waals surface area contributed by atoms with Crippen LogP contribution in [0.1, 0.15) is 18.4 Å². The van der Waals surface area contributed by atoms with Crippen molar-refractivity contribution in [3.05, 3.63) is 71.8 Å². The Morgan fingerprint density at radius 1 is 1.18 bits per heavy atom. The molecule has 140 valence electrons. The van der Waals surface area contributed by atoms with Crippen molar-refractivity contribution in [2.24, 2.45) is 15.9 Å². The highest BCUT2D eigenvalue weighted by molar-refractivity contribution is 6.12. The van der Waals surface area contributed by atoms with Crippen LogP contribution < -0.4 is 0 Å². The molecule has 0 fully saturated rings. The Morgan fingerprint density at radius 2 is 2.00 bits per heavy atom. The molecule has 1 atom stereocenters. The van der Waals surface area contributed by atoms with Crippen LogP contribution in [0.25, 0.3) is 10.8 Å². The van der Waals surface area contributed by atoms with Crippen molar-refractivity contribution in [1.82, 2.24) is 4.90 Å². The quantitative estimate of drug-likeness (QED) is 0.770. The Balaban J connectivity index is 1.40. The zero-order valence-electron chi connectivity index (χ0n) is 15.7. The molecule has 28 heavy (non-hydrogen) atoms. The monoisotopic (exact) mass is 371 g/mol. The molecule has 0 saturated heterocycles. The van der Waals surface area contributed by atoms with E-state index >= 15 is 0 Å². The molecular weight excluding hydrogens is 350 g/mol. The maximum atomic E-state index is 12.5. The number of likely N-dealkylation sites (N-methyl/N-ethyl adjacent to an activating group) is 1. The van der Waals surface area contributed by atoms with E-state index in [0.29, 0.717) is 25.2 Å². The minimum absolute atomic E-state index is 0.0554. The normalized spacial score (nSPS) is 18.8. The maximum Gasteiger partial charge on any atom is 0.248 e. The van der Waals surface area contributed by atoms with Crippen molar-refractivity contribution in [2.45, 2.75) is 19.4 Å². The van der Waals surface area contributed by atoms with Crippen molar-refractivity contribution >= 4 is 34.6 Å². The molecule has 0 saturated carbocycles. The fraction of sp³-hybridized carbons (Fsp3) is 0.217. The summed E-state index contributed by atoms with van der Waals surface area (Å²) in [7, 11) is 1.80. The third-order valence-corrected chi connectivity index (χ3v) is 4.96. The highest BCUT2D eigenvalue weighted by atomic mass is 16.2. The summed E-state index contributed by atoms with van der Waals surface area (Å²) in [6.45, 7) is 0.548. The number of hydrogen-bond acceptors (Lipinski definition) is 3. The molecule has 2 aromatic carbocycles. The number of dihydropyridines is 1. The van der Waals surface area contributed by atoms with Crippen LogP contribution in [0.3, 0.4) is 0 Å². The van der Waals surface area contributed by atoms with Crippen molar-refractivity contribution in [3.8, 4) is 0 Å². The van der Waals surface area contributed by atoms with Gasteiger partial charge in [-0.1, -0.05) is 48.6 Å². The lowest BCUT2D eigenvalue weighted by molar-refractivity contribution is -0.125. The predicted molar refractivity (Wildman–Crippen MR) is 111 cm³/mol. The summed E-state index contributed by atoms with van der Waals surface area (Å²) in [6, 6.07) is 14.4. The third kappa shape index (κ3) is 3.98. The summed E-state index contributed by atoms with van der Waals surface area (Å²) < 4.78 is 0. The number of hydrogen-bond donors (Lipinski definition) is 0. The molecular formula is C23H21N3O2. The fourth-order valence-electron chi connectivity index (χ4n) is 3.42. The van der Waals surface area contributed by atoms with Gasteiger partial charge in [0, 0.05) is 38.2 Å². The van der Waals surface area contributed by atoms with Gasteiger partial charge in [0.25, 0.3) is 0 Å². The van der Waals surface area contributed by atoms with E-state index < -0.39 is 0 Å². The summed E-state index contributed by atoms with van der Waals surface area (Å²) in [4.78, 5) is 33.7. The summed E-state index contributed by atoms with van der Waals surface area (Å²) in [5.74, 6) is 0.280. The second kappa shape index (κ2) is 7.72. The summed E-state index contributed by atoms with van der Waals surface area (Å²) in [6.07, 6.45) is 8.25. The van der Waals surface area contributed by atoms with E-state index in [2.05, 4.69) is 40.3 Å². The first-order valence-electron chi connectivity index (χ1n) is 9.36. The van der Waals surface area contributed by atoms with Crippen molar-refractivity contribution in [2.75, 3.05) is 7.05 Å². The van der Waals surface area contributed by atoms with Gasteiger partial charge in [-0.25, -0.2) is 4.99 Å². The van der Waals surface area contributed by atoms with Crippen LogP contribution in [0.5, 0.6) is 0 Å². The Morgan fingerprint density at radius 3 is 2.86 bits per heavy atom. The fourth-order valence-corrected chi connectivity index (χ4v) is 3.42. The van der Waals surface area contributed by atoms with Crippen molar-refractivity contribution in [1.29, 1.82) is 0 Å². The van der Waals surface area contributed by atoms with Crippen LogP contribution in [0.15, 0.2) is 76.3 Å². The van der Waals surface area contributed by atoms with Gasteiger partial charge in [-0.05, 0) is 34.4 Å². The van der Waals surface area contributed by atoms with Crippen LogP contribution in [0, 0.1) is 5.92 Å². The summed E-state index contributed by atoms with van der Waals surface area (Å²) in [5.41, 5.74) is 2.07. The second-order valence-corrected chi connectivity index (χ2v) is 7.11. The molecule has 5 nitrogen and oxygen atoms in total. The smallest absolute Gasteiger partial charge is 0.248 e. The molecule has 0 N–H and O–H groups in total. The number of rotatable bonds is 4. The van der Waals surface area contributed by atoms with Crippen molar-refractivity contribution in [3.63, 3.8) is 0 Å². The first-order valence-corrected chi connectivity index (χ1v) is 9.36. The Kier molecular flexibility index (Phi) is 4.98. The third-order valence-electron chi connectivity index (χ3n) is 4.96. The summed E-state index contributed by atoms with van der Waals surface area (Å²) in [5, 5.41) is 2.36. The largest absolute Gasteiger partial charge is 0.338 e. The molecule has 4 rings (SSSR count). The SMILES string of the molecule is CN(Cc1ccc2ccccc2c1)C(=O)C=CC1C=NC2=NC(=O)CCC2=C1. The molecule has 2 aromatic rings. The molecule has 0 aromatic heterocycles. The standard InChI is InChI=1S/C23H21N3O2/c1-26(15-17-6-8-18-4-2-3-5-19(18)13-17)22(28)11-7-16-12-20-9-10-21(27)25-23(20)24-14-16/h2-8,11-14,16H,9-10,15H2,1H3. The van der Waals surface area contributed by atoms with E-state index in [1.807, 2.05) is 24.3 Å². The number of aliphatic imine (C=N–C) groups is 2. The Labute approximate surface area is 163 Å². The zero-order chi connectivity index (χ0) is 19.5. The van der Waals surface area contributed by atoms with E-state index in [0.717, 1.165) is 11.1 Å². The number of amides is 2.